The molecule has 1 fully saturated rings. The highest BCUT2D eigenvalue weighted by molar-refractivity contribution is 7.89. The molecule has 7 heteroatoms. The monoisotopic (exact) mass is 349 g/mol. The Kier molecular flexibility index (Phi) is 5.23. The van der Waals surface area contributed by atoms with Crippen LogP contribution in [0.25, 0.3) is 0 Å². The molecule has 0 amide bonds. The molecule has 1 aromatic heterocycles. The van der Waals surface area contributed by atoms with E-state index in [2.05, 4.69) is 22.0 Å². The fraction of sp³-hybridized carbons (Fsp3) is 0.353. The van der Waals surface area contributed by atoms with Gasteiger partial charge >= 0.3 is 0 Å². The van der Waals surface area contributed by atoms with E-state index in [1.54, 1.807) is 0 Å². The normalized spacial score (nSPS) is 17.5. The second kappa shape index (κ2) is 7.38. The van der Waals surface area contributed by atoms with Crippen molar-refractivity contribution in [3.05, 3.63) is 60.2 Å². The van der Waals surface area contributed by atoms with E-state index >= 15 is 0 Å². The number of benzene rings is 1. The summed E-state index contributed by atoms with van der Waals surface area (Å²) in [6.07, 6.45) is 2.95. The Balaban J connectivity index is 1.69. The van der Waals surface area contributed by atoms with Crippen molar-refractivity contribution >= 4 is 10.0 Å². The molecule has 1 aliphatic rings. The number of rotatable bonds is 4. The molecular formula is C17H20FN3O2S. The van der Waals surface area contributed by atoms with Gasteiger partial charge in [0.25, 0.3) is 0 Å². The van der Waals surface area contributed by atoms with Gasteiger partial charge in [-0.2, -0.15) is 4.31 Å². The van der Waals surface area contributed by atoms with E-state index in [-0.39, 0.29) is 4.90 Å². The fourth-order valence-electron chi connectivity index (χ4n) is 2.87. The van der Waals surface area contributed by atoms with Gasteiger partial charge in [-0.05, 0) is 24.6 Å². The Morgan fingerprint density at radius 2 is 1.83 bits per heavy atom. The van der Waals surface area contributed by atoms with Crippen molar-refractivity contribution in [2.45, 2.75) is 17.9 Å². The van der Waals surface area contributed by atoms with Crippen LogP contribution < -0.4 is 0 Å². The van der Waals surface area contributed by atoms with Gasteiger partial charge in [-0.15, -0.1) is 0 Å². The van der Waals surface area contributed by atoms with E-state index in [0.29, 0.717) is 19.6 Å². The summed E-state index contributed by atoms with van der Waals surface area (Å²) < 4.78 is 40.0. The van der Waals surface area contributed by atoms with Crippen molar-refractivity contribution in [1.82, 2.24) is 14.2 Å². The van der Waals surface area contributed by atoms with Crippen LogP contribution in [0.2, 0.25) is 0 Å². The molecule has 5 nitrogen and oxygen atoms in total. The number of nitrogens with zero attached hydrogens (tertiary/aromatic N) is 3. The first-order valence-corrected chi connectivity index (χ1v) is 9.37. The van der Waals surface area contributed by atoms with Gasteiger partial charge in [-0.3, -0.25) is 9.88 Å². The van der Waals surface area contributed by atoms with Crippen LogP contribution in [0, 0.1) is 5.82 Å². The van der Waals surface area contributed by atoms with E-state index in [0.717, 1.165) is 31.8 Å². The molecule has 0 atom stereocenters. The van der Waals surface area contributed by atoms with Gasteiger partial charge < -0.3 is 0 Å². The molecule has 0 N–H and O–H groups in total. The molecular weight excluding hydrogens is 329 g/mol. The highest BCUT2D eigenvalue weighted by Gasteiger charge is 2.27. The Labute approximate surface area is 141 Å². The van der Waals surface area contributed by atoms with Crippen LogP contribution in [0.3, 0.4) is 0 Å². The standard InChI is InChI=1S/C17H20FN3O2S/c18-16-11-17(13-19-12-16)24(22,23)21-8-4-7-20(9-10-21)14-15-5-2-1-3-6-15/h1-3,5-6,11-13H,4,7-10,14H2. The van der Waals surface area contributed by atoms with E-state index in [4.69, 9.17) is 0 Å². The van der Waals surface area contributed by atoms with Gasteiger partial charge in [0.2, 0.25) is 10.0 Å². The number of hydrogen-bond acceptors (Lipinski definition) is 4. The minimum Gasteiger partial charge on any atom is -0.298 e. The summed E-state index contributed by atoms with van der Waals surface area (Å²) in [7, 11) is -3.70. The summed E-state index contributed by atoms with van der Waals surface area (Å²) in [4.78, 5) is 5.81. The predicted molar refractivity (Wildman–Crippen MR) is 89.3 cm³/mol. The fourth-order valence-corrected chi connectivity index (χ4v) is 4.32. The van der Waals surface area contributed by atoms with Crippen LogP contribution in [0.1, 0.15) is 12.0 Å². The largest absolute Gasteiger partial charge is 0.298 e. The smallest absolute Gasteiger partial charge is 0.244 e. The van der Waals surface area contributed by atoms with Crippen LogP contribution in [0.15, 0.2) is 53.7 Å². The van der Waals surface area contributed by atoms with E-state index in [9.17, 15) is 12.8 Å². The molecule has 1 saturated heterocycles. The summed E-state index contributed by atoms with van der Waals surface area (Å²) in [6.45, 7) is 3.12. The maximum atomic E-state index is 13.3. The zero-order valence-corrected chi connectivity index (χ0v) is 14.1. The second-order valence-corrected chi connectivity index (χ2v) is 7.80. The molecule has 0 radical (unpaired) electrons. The van der Waals surface area contributed by atoms with Crippen LogP contribution in [-0.2, 0) is 16.6 Å². The number of pyridine rings is 1. The molecule has 1 aliphatic heterocycles. The number of sulfonamides is 1. The summed E-state index contributed by atoms with van der Waals surface area (Å²) in [5.41, 5.74) is 1.21. The van der Waals surface area contributed by atoms with Crippen molar-refractivity contribution in [2.75, 3.05) is 26.2 Å². The van der Waals surface area contributed by atoms with Crippen molar-refractivity contribution in [1.29, 1.82) is 0 Å². The molecule has 0 unspecified atom stereocenters. The van der Waals surface area contributed by atoms with Gasteiger partial charge in [0, 0.05) is 32.4 Å². The summed E-state index contributed by atoms with van der Waals surface area (Å²) in [5.74, 6) is -0.642. The first kappa shape index (κ1) is 17.0. The maximum Gasteiger partial charge on any atom is 0.244 e. The lowest BCUT2D eigenvalue weighted by Gasteiger charge is -2.21. The number of hydrogen-bond donors (Lipinski definition) is 0. The van der Waals surface area contributed by atoms with Crippen molar-refractivity contribution in [3.8, 4) is 0 Å². The predicted octanol–water partition coefficient (Wildman–Crippen LogP) is 2.12. The van der Waals surface area contributed by atoms with Crippen LogP contribution in [0.4, 0.5) is 4.39 Å². The minimum atomic E-state index is -3.70. The third-order valence-corrected chi connectivity index (χ3v) is 5.98. The summed E-state index contributed by atoms with van der Waals surface area (Å²) >= 11 is 0. The maximum absolute atomic E-state index is 13.3. The molecule has 2 aromatic rings. The topological polar surface area (TPSA) is 53.5 Å². The second-order valence-electron chi connectivity index (χ2n) is 5.86. The number of aromatic nitrogens is 1. The van der Waals surface area contributed by atoms with E-state index < -0.39 is 15.8 Å². The molecule has 1 aromatic carbocycles. The average Bonchev–Trinajstić information content (AvgIpc) is 2.82. The average molecular weight is 349 g/mol. The molecule has 2 heterocycles. The molecule has 24 heavy (non-hydrogen) atoms. The lowest BCUT2D eigenvalue weighted by Crippen LogP contribution is -2.35. The lowest BCUT2D eigenvalue weighted by atomic mass is 10.2. The zero-order valence-electron chi connectivity index (χ0n) is 13.3. The van der Waals surface area contributed by atoms with Gasteiger partial charge in [-0.1, -0.05) is 30.3 Å². The lowest BCUT2D eigenvalue weighted by molar-refractivity contribution is 0.278. The molecule has 0 saturated carbocycles. The van der Waals surface area contributed by atoms with Gasteiger partial charge in [-0.25, -0.2) is 12.8 Å². The Hall–Kier alpha value is -1.83. The van der Waals surface area contributed by atoms with Gasteiger partial charge in [0.05, 0.1) is 6.20 Å². The Morgan fingerprint density at radius 1 is 1.04 bits per heavy atom. The molecule has 128 valence electrons. The first-order valence-electron chi connectivity index (χ1n) is 7.93. The van der Waals surface area contributed by atoms with Gasteiger partial charge in [0.15, 0.2) is 0 Å². The Bertz CT molecular complexity index is 783. The minimum absolute atomic E-state index is 0.0843. The van der Waals surface area contributed by atoms with Gasteiger partial charge in [0.1, 0.15) is 10.7 Å². The first-order chi connectivity index (χ1) is 11.6. The Morgan fingerprint density at radius 3 is 2.58 bits per heavy atom. The number of halogens is 1. The third kappa shape index (κ3) is 3.98. The van der Waals surface area contributed by atoms with Crippen LogP contribution >= 0.6 is 0 Å². The quantitative estimate of drug-likeness (QED) is 0.848. The van der Waals surface area contributed by atoms with Crippen LogP contribution in [0.5, 0.6) is 0 Å². The molecule has 0 aliphatic carbocycles. The zero-order chi connectivity index (χ0) is 17.0. The molecule has 0 bridgehead atoms. The highest BCUT2D eigenvalue weighted by atomic mass is 32.2. The van der Waals surface area contributed by atoms with E-state index in [1.165, 1.54) is 16.1 Å². The van der Waals surface area contributed by atoms with Crippen molar-refractivity contribution < 1.29 is 12.8 Å². The summed E-state index contributed by atoms with van der Waals surface area (Å²) in [6, 6.07) is 11.1. The molecule has 3 rings (SSSR count). The van der Waals surface area contributed by atoms with Crippen molar-refractivity contribution in [2.24, 2.45) is 0 Å². The molecule has 0 spiro atoms. The van der Waals surface area contributed by atoms with Crippen molar-refractivity contribution in [3.63, 3.8) is 0 Å². The SMILES string of the molecule is O=S(=O)(c1cncc(F)c1)N1CCCN(Cc2ccccc2)CC1. The van der Waals surface area contributed by atoms with E-state index in [1.807, 2.05) is 18.2 Å². The highest BCUT2D eigenvalue weighted by Crippen LogP contribution is 2.18. The van der Waals surface area contributed by atoms with Crippen LogP contribution in [-0.4, -0.2) is 48.8 Å². The third-order valence-electron chi connectivity index (χ3n) is 4.11. The summed E-state index contributed by atoms with van der Waals surface area (Å²) in [5, 5.41) is 0.